The molecule has 88 valence electrons. The van der Waals surface area contributed by atoms with Crippen molar-refractivity contribution in [1.29, 1.82) is 0 Å². The van der Waals surface area contributed by atoms with Gasteiger partial charge in [-0.25, -0.2) is 9.18 Å². The molecule has 1 N–H and O–H groups in total. The minimum absolute atomic E-state index is 0.0990. The van der Waals surface area contributed by atoms with Crippen molar-refractivity contribution >= 4 is 5.97 Å². The minimum atomic E-state index is -1.04. The Balaban J connectivity index is 2.26. The molecule has 1 atom stereocenters. The van der Waals surface area contributed by atoms with Crippen molar-refractivity contribution < 1.29 is 23.8 Å². The lowest BCUT2D eigenvalue weighted by atomic mass is 10.3. The number of hydrogen-bond donors (Lipinski definition) is 1. The molecule has 1 aromatic rings. The number of halogens is 1. The van der Waals surface area contributed by atoms with Crippen LogP contribution in [0.25, 0.3) is 0 Å². The molecule has 0 heterocycles. The number of benzene rings is 1. The van der Waals surface area contributed by atoms with Crippen molar-refractivity contribution in [1.82, 2.24) is 0 Å². The Morgan fingerprint density at radius 3 is 2.75 bits per heavy atom. The Morgan fingerprint density at radius 2 is 2.12 bits per heavy atom. The molecule has 0 unspecified atom stereocenters. The van der Waals surface area contributed by atoms with Crippen LogP contribution in [0.3, 0.4) is 0 Å². The largest absolute Gasteiger partial charge is 0.488 e. The van der Waals surface area contributed by atoms with Crippen LogP contribution in [-0.2, 0) is 9.53 Å². The fraction of sp³-hybridized carbons (Fsp3) is 0.364. The average Bonchev–Trinajstić information content (AvgIpc) is 2.26. The van der Waals surface area contributed by atoms with E-state index in [0.29, 0.717) is 0 Å². The summed E-state index contributed by atoms with van der Waals surface area (Å²) in [5.41, 5.74) is 0. The number of carboxylic acid groups (broad SMARTS) is 1. The van der Waals surface area contributed by atoms with Crippen molar-refractivity contribution in [3.63, 3.8) is 0 Å². The summed E-state index contributed by atoms with van der Waals surface area (Å²) in [5.74, 6) is -1.35. The van der Waals surface area contributed by atoms with Crippen LogP contribution >= 0.6 is 0 Å². The Labute approximate surface area is 92.6 Å². The Bertz CT molecular complexity index is 354. The van der Waals surface area contributed by atoms with Gasteiger partial charge in [0.2, 0.25) is 0 Å². The molecule has 1 aromatic carbocycles. The van der Waals surface area contributed by atoms with Gasteiger partial charge in [-0.2, -0.15) is 0 Å². The number of hydrogen-bond acceptors (Lipinski definition) is 3. The van der Waals surface area contributed by atoms with Crippen molar-refractivity contribution in [2.45, 2.75) is 13.0 Å². The fourth-order valence-corrected chi connectivity index (χ4v) is 1.01. The van der Waals surface area contributed by atoms with Crippen LogP contribution in [0.1, 0.15) is 6.92 Å². The molecule has 0 aliphatic heterocycles. The van der Waals surface area contributed by atoms with Gasteiger partial charge in [-0.3, -0.25) is 0 Å². The molecule has 0 aromatic heterocycles. The quantitative estimate of drug-likeness (QED) is 0.753. The Morgan fingerprint density at radius 1 is 1.44 bits per heavy atom. The van der Waals surface area contributed by atoms with Crippen molar-refractivity contribution in [3.05, 3.63) is 30.1 Å². The second kappa shape index (κ2) is 6.07. The van der Waals surface area contributed by atoms with E-state index >= 15 is 0 Å². The van der Waals surface area contributed by atoms with E-state index in [2.05, 4.69) is 0 Å². The zero-order chi connectivity index (χ0) is 12.0. The third kappa shape index (κ3) is 3.86. The predicted molar refractivity (Wildman–Crippen MR) is 54.9 cm³/mol. The maximum Gasteiger partial charge on any atom is 0.332 e. The van der Waals surface area contributed by atoms with Crippen LogP contribution < -0.4 is 4.74 Å². The lowest BCUT2D eigenvalue weighted by Gasteiger charge is -2.09. The molecule has 4 nitrogen and oxygen atoms in total. The molecule has 0 radical (unpaired) electrons. The topological polar surface area (TPSA) is 55.8 Å². The summed E-state index contributed by atoms with van der Waals surface area (Å²) in [5, 5.41) is 8.52. The van der Waals surface area contributed by atoms with Gasteiger partial charge < -0.3 is 14.6 Å². The van der Waals surface area contributed by atoms with E-state index < -0.39 is 17.9 Å². The number of ether oxygens (including phenoxy) is 2. The summed E-state index contributed by atoms with van der Waals surface area (Å²) >= 11 is 0. The second-order valence-corrected chi connectivity index (χ2v) is 3.13. The molecular formula is C11H13FO4. The predicted octanol–water partition coefficient (Wildman–Crippen LogP) is 1.69. The third-order valence-electron chi connectivity index (χ3n) is 1.89. The first-order valence-electron chi connectivity index (χ1n) is 4.83. The van der Waals surface area contributed by atoms with Gasteiger partial charge in [0.05, 0.1) is 6.61 Å². The number of carbonyl (C=O) groups is 1. The van der Waals surface area contributed by atoms with Gasteiger partial charge in [-0.1, -0.05) is 12.1 Å². The molecule has 0 aliphatic rings. The fourth-order valence-electron chi connectivity index (χ4n) is 1.01. The number of rotatable bonds is 6. The normalized spacial score (nSPS) is 12.1. The highest BCUT2D eigenvalue weighted by molar-refractivity contribution is 5.71. The van der Waals surface area contributed by atoms with Crippen LogP contribution in [0.2, 0.25) is 0 Å². The minimum Gasteiger partial charge on any atom is -0.488 e. The van der Waals surface area contributed by atoms with Gasteiger partial charge in [0.1, 0.15) is 6.61 Å². The lowest BCUT2D eigenvalue weighted by molar-refractivity contribution is -0.149. The highest BCUT2D eigenvalue weighted by Crippen LogP contribution is 2.14. The molecule has 0 saturated heterocycles. The lowest BCUT2D eigenvalue weighted by Crippen LogP contribution is -2.22. The molecular weight excluding hydrogens is 215 g/mol. The van der Waals surface area contributed by atoms with Gasteiger partial charge in [0.15, 0.2) is 17.7 Å². The molecule has 0 fully saturated rings. The van der Waals surface area contributed by atoms with E-state index in [4.69, 9.17) is 14.6 Å². The molecule has 16 heavy (non-hydrogen) atoms. The molecule has 0 saturated carbocycles. The maximum atomic E-state index is 13.0. The van der Waals surface area contributed by atoms with Crippen LogP contribution in [0.5, 0.6) is 5.75 Å². The van der Waals surface area contributed by atoms with Gasteiger partial charge in [0, 0.05) is 0 Å². The number of carboxylic acids is 1. The Hall–Kier alpha value is -1.62. The van der Waals surface area contributed by atoms with Gasteiger partial charge in [0.25, 0.3) is 0 Å². The number of para-hydroxylation sites is 1. The van der Waals surface area contributed by atoms with Crippen molar-refractivity contribution in [2.24, 2.45) is 0 Å². The SMILES string of the molecule is C[C@@H](OCCOc1ccccc1F)C(=O)O. The summed E-state index contributed by atoms with van der Waals surface area (Å²) in [7, 11) is 0. The Kier molecular flexibility index (Phi) is 4.72. The zero-order valence-corrected chi connectivity index (χ0v) is 8.85. The van der Waals surface area contributed by atoms with Gasteiger partial charge in [-0.05, 0) is 19.1 Å². The van der Waals surface area contributed by atoms with Crippen LogP contribution in [0, 0.1) is 5.82 Å². The number of aliphatic carboxylic acids is 1. The average molecular weight is 228 g/mol. The van der Waals surface area contributed by atoms with Crippen LogP contribution in [-0.4, -0.2) is 30.4 Å². The molecule has 1 rings (SSSR count). The second-order valence-electron chi connectivity index (χ2n) is 3.13. The van der Waals surface area contributed by atoms with E-state index in [0.717, 1.165) is 0 Å². The zero-order valence-electron chi connectivity index (χ0n) is 8.85. The maximum absolute atomic E-state index is 13.0. The molecule has 0 aliphatic carbocycles. The van der Waals surface area contributed by atoms with Crippen LogP contribution in [0.15, 0.2) is 24.3 Å². The molecule has 0 spiro atoms. The van der Waals surface area contributed by atoms with E-state index in [1.54, 1.807) is 12.1 Å². The monoisotopic (exact) mass is 228 g/mol. The highest BCUT2D eigenvalue weighted by atomic mass is 19.1. The smallest absolute Gasteiger partial charge is 0.332 e. The van der Waals surface area contributed by atoms with Gasteiger partial charge >= 0.3 is 5.97 Å². The van der Waals surface area contributed by atoms with E-state index in [-0.39, 0.29) is 19.0 Å². The molecule has 0 bridgehead atoms. The summed E-state index contributed by atoms with van der Waals surface area (Å²) in [6.45, 7) is 1.63. The van der Waals surface area contributed by atoms with E-state index in [1.165, 1.54) is 19.1 Å². The summed E-state index contributed by atoms with van der Waals surface area (Å²) in [4.78, 5) is 10.4. The summed E-state index contributed by atoms with van der Waals surface area (Å²) in [6.07, 6.45) is -0.885. The van der Waals surface area contributed by atoms with Crippen molar-refractivity contribution in [3.8, 4) is 5.75 Å². The molecule has 0 amide bonds. The van der Waals surface area contributed by atoms with Crippen LogP contribution in [0.4, 0.5) is 4.39 Å². The van der Waals surface area contributed by atoms with E-state index in [1.807, 2.05) is 0 Å². The third-order valence-corrected chi connectivity index (χ3v) is 1.89. The molecule has 5 heteroatoms. The summed E-state index contributed by atoms with van der Waals surface area (Å²) < 4.78 is 23.0. The van der Waals surface area contributed by atoms with E-state index in [9.17, 15) is 9.18 Å². The first-order chi connectivity index (χ1) is 7.61. The summed E-state index contributed by atoms with van der Waals surface area (Å²) in [6, 6.07) is 6.00. The first kappa shape index (κ1) is 12.4. The van der Waals surface area contributed by atoms with Crippen molar-refractivity contribution in [2.75, 3.05) is 13.2 Å². The first-order valence-corrected chi connectivity index (χ1v) is 4.83. The highest BCUT2D eigenvalue weighted by Gasteiger charge is 2.10. The standard InChI is InChI=1S/C11H13FO4/c1-8(11(13)14)15-6-7-16-10-5-3-2-4-9(10)12/h2-5,8H,6-7H2,1H3,(H,13,14)/t8-/m1/s1. The van der Waals surface area contributed by atoms with Gasteiger partial charge in [-0.15, -0.1) is 0 Å².